The maximum Gasteiger partial charge on any atom is 0.256 e. The molecule has 1 amide bonds. The second kappa shape index (κ2) is 9.62. The molecule has 0 unspecified atom stereocenters. The molecule has 1 N–H and O–H groups in total. The first-order chi connectivity index (χ1) is 15.0. The smallest absolute Gasteiger partial charge is 0.256 e. The van der Waals surface area contributed by atoms with Gasteiger partial charge < -0.3 is 10.1 Å². The number of hydrogen-bond donors (Lipinski definition) is 1. The molecule has 1 heterocycles. The number of nitrogens with zero attached hydrogens (tertiary/aromatic N) is 2. The molecule has 0 saturated carbocycles. The Labute approximate surface area is 189 Å². The van der Waals surface area contributed by atoms with Crippen LogP contribution in [-0.2, 0) is 13.2 Å². The van der Waals surface area contributed by atoms with Gasteiger partial charge in [0.05, 0.1) is 6.54 Å². The minimum atomic E-state index is -0.203. The van der Waals surface area contributed by atoms with Crippen molar-refractivity contribution in [2.45, 2.75) is 20.1 Å². The number of ether oxygens (including phenoxy) is 1. The van der Waals surface area contributed by atoms with Crippen molar-refractivity contribution in [2.75, 3.05) is 5.32 Å². The minimum absolute atomic E-state index is 0.203. The zero-order valence-corrected chi connectivity index (χ0v) is 18.7. The van der Waals surface area contributed by atoms with Crippen LogP contribution in [0.5, 0.6) is 5.75 Å². The van der Waals surface area contributed by atoms with E-state index in [-0.39, 0.29) is 5.91 Å². The number of anilines is 1. The van der Waals surface area contributed by atoms with Crippen molar-refractivity contribution >= 4 is 27.7 Å². The van der Waals surface area contributed by atoms with Gasteiger partial charge in [-0.15, -0.1) is 0 Å². The molecular weight excluding hydrogens is 454 g/mol. The van der Waals surface area contributed by atoms with Crippen LogP contribution < -0.4 is 10.1 Å². The minimum Gasteiger partial charge on any atom is -0.489 e. The van der Waals surface area contributed by atoms with Crippen molar-refractivity contribution in [1.29, 1.82) is 0 Å². The number of aryl methyl sites for hydroxylation is 1. The Kier molecular flexibility index (Phi) is 6.48. The fraction of sp³-hybridized carbons (Fsp3) is 0.120. The lowest BCUT2D eigenvalue weighted by Crippen LogP contribution is -2.13. The first kappa shape index (κ1) is 20.9. The van der Waals surface area contributed by atoms with E-state index < -0.39 is 0 Å². The Balaban J connectivity index is 1.36. The van der Waals surface area contributed by atoms with E-state index >= 15 is 0 Å². The maximum absolute atomic E-state index is 12.7. The predicted octanol–water partition coefficient (Wildman–Crippen LogP) is 5.83. The first-order valence-electron chi connectivity index (χ1n) is 9.93. The number of aromatic nitrogens is 2. The second-order valence-corrected chi connectivity index (χ2v) is 8.20. The lowest BCUT2D eigenvalue weighted by atomic mass is 10.1. The van der Waals surface area contributed by atoms with E-state index in [4.69, 9.17) is 4.74 Å². The largest absolute Gasteiger partial charge is 0.489 e. The number of halogens is 1. The second-order valence-electron chi connectivity index (χ2n) is 7.28. The highest BCUT2D eigenvalue weighted by atomic mass is 79.9. The molecule has 0 fully saturated rings. The van der Waals surface area contributed by atoms with Gasteiger partial charge in [-0.25, -0.2) is 0 Å². The number of rotatable bonds is 7. The maximum atomic E-state index is 12.7. The molecule has 6 heteroatoms. The molecule has 31 heavy (non-hydrogen) atoms. The fourth-order valence-electron chi connectivity index (χ4n) is 3.09. The van der Waals surface area contributed by atoms with Crippen LogP contribution in [0.4, 0.5) is 5.82 Å². The van der Waals surface area contributed by atoms with E-state index in [0.717, 1.165) is 21.3 Å². The number of carbonyl (C=O) groups is 1. The third-order valence-electron chi connectivity index (χ3n) is 4.76. The van der Waals surface area contributed by atoms with E-state index in [1.807, 2.05) is 53.3 Å². The topological polar surface area (TPSA) is 56.2 Å². The fourth-order valence-corrected chi connectivity index (χ4v) is 3.35. The molecule has 0 aliphatic carbocycles. The summed E-state index contributed by atoms with van der Waals surface area (Å²) in [6.07, 6.45) is 1.86. The molecule has 0 saturated heterocycles. The molecule has 5 nitrogen and oxygen atoms in total. The molecule has 0 radical (unpaired) electrons. The summed E-state index contributed by atoms with van der Waals surface area (Å²) < 4.78 is 8.61. The van der Waals surface area contributed by atoms with Gasteiger partial charge in [-0.05, 0) is 54.4 Å². The summed E-state index contributed by atoms with van der Waals surface area (Å²) in [6.45, 7) is 3.10. The van der Waals surface area contributed by atoms with Gasteiger partial charge in [0.15, 0.2) is 5.82 Å². The summed E-state index contributed by atoms with van der Waals surface area (Å²) in [5.41, 5.74) is 3.86. The highest BCUT2D eigenvalue weighted by Crippen LogP contribution is 2.18. The van der Waals surface area contributed by atoms with Crippen molar-refractivity contribution < 1.29 is 9.53 Å². The van der Waals surface area contributed by atoms with Gasteiger partial charge >= 0.3 is 0 Å². The molecule has 4 aromatic rings. The summed E-state index contributed by atoms with van der Waals surface area (Å²) in [4.78, 5) is 12.7. The molecule has 0 bridgehead atoms. The average Bonchev–Trinajstić information content (AvgIpc) is 3.22. The molecule has 0 spiro atoms. The molecule has 3 aromatic carbocycles. The summed E-state index contributed by atoms with van der Waals surface area (Å²) in [6, 6.07) is 25.2. The lowest BCUT2D eigenvalue weighted by molar-refractivity contribution is 0.102. The molecule has 0 aliphatic heterocycles. The third-order valence-corrected chi connectivity index (χ3v) is 5.28. The van der Waals surface area contributed by atoms with Gasteiger partial charge in [-0.2, -0.15) is 5.10 Å². The van der Waals surface area contributed by atoms with Crippen molar-refractivity contribution in [1.82, 2.24) is 9.78 Å². The van der Waals surface area contributed by atoms with Gasteiger partial charge in [-0.3, -0.25) is 9.48 Å². The van der Waals surface area contributed by atoms with Gasteiger partial charge in [0.1, 0.15) is 12.4 Å². The molecular formula is C25H22BrN3O2. The first-order valence-corrected chi connectivity index (χ1v) is 10.7. The van der Waals surface area contributed by atoms with Gasteiger partial charge in [0, 0.05) is 22.3 Å². The van der Waals surface area contributed by atoms with Crippen LogP contribution in [0, 0.1) is 6.92 Å². The van der Waals surface area contributed by atoms with Crippen LogP contribution in [0.3, 0.4) is 0 Å². The Morgan fingerprint density at radius 2 is 1.77 bits per heavy atom. The van der Waals surface area contributed by atoms with Crippen LogP contribution in [0.2, 0.25) is 0 Å². The summed E-state index contributed by atoms with van der Waals surface area (Å²) in [5.74, 6) is 1.09. The monoisotopic (exact) mass is 475 g/mol. The number of carbonyl (C=O) groups excluding carboxylic acids is 1. The Morgan fingerprint density at radius 3 is 2.55 bits per heavy atom. The Bertz CT molecular complexity index is 1170. The van der Waals surface area contributed by atoms with Crippen molar-refractivity contribution in [3.63, 3.8) is 0 Å². The summed E-state index contributed by atoms with van der Waals surface area (Å²) in [7, 11) is 0. The van der Waals surface area contributed by atoms with Gasteiger partial charge in [-0.1, -0.05) is 57.9 Å². The van der Waals surface area contributed by atoms with Crippen molar-refractivity contribution in [2.24, 2.45) is 0 Å². The van der Waals surface area contributed by atoms with Crippen LogP contribution in [0.15, 0.2) is 89.5 Å². The Morgan fingerprint density at radius 1 is 1.00 bits per heavy atom. The Hall–Kier alpha value is -3.38. The van der Waals surface area contributed by atoms with Gasteiger partial charge in [0.2, 0.25) is 0 Å². The lowest BCUT2D eigenvalue weighted by Gasteiger charge is -2.08. The van der Waals surface area contributed by atoms with Crippen LogP contribution in [-0.4, -0.2) is 15.7 Å². The molecule has 156 valence electrons. The third kappa shape index (κ3) is 5.83. The predicted molar refractivity (Wildman–Crippen MR) is 125 cm³/mol. The van der Waals surface area contributed by atoms with E-state index in [1.165, 1.54) is 5.56 Å². The molecule has 0 atom stereocenters. The standard InChI is InChI=1S/C25H22BrN3O2/c1-18-5-7-19(8-6-18)16-29-14-13-24(28-29)27-25(30)21-4-2-3-20(15-21)17-31-23-11-9-22(26)10-12-23/h2-15H,16-17H2,1H3,(H,27,28,30). The van der Waals surface area contributed by atoms with E-state index in [1.54, 1.807) is 12.1 Å². The number of nitrogens with one attached hydrogen (secondary N) is 1. The highest BCUT2D eigenvalue weighted by molar-refractivity contribution is 9.10. The zero-order valence-electron chi connectivity index (χ0n) is 17.1. The number of hydrogen-bond acceptors (Lipinski definition) is 3. The number of benzene rings is 3. The van der Waals surface area contributed by atoms with Crippen LogP contribution >= 0.6 is 15.9 Å². The number of amides is 1. The van der Waals surface area contributed by atoms with Gasteiger partial charge in [0.25, 0.3) is 5.91 Å². The van der Waals surface area contributed by atoms with Crippen LogP contribution in [0.25, 0.3) is 0 Å². The average molecular weight is 476 g/mol. The van der Waals surface area contributed by atoms with Crippen molar-refractivity contribution in [3.8, 4) is 5.75 Å². The van der Waals surface area contributed by atoms with Crippen molar-refractivity contribution in [3.05, 3.63) is 112 Å². The normalized spacial score (nSPS) is 10.6. The summed E-state index contributed by atoms with van der Waals surface area (Å²) >= 11 is 3.41. The molecule has 0 aliphatic rings. The quantitative estimate of drug-likeness (QED) is 0.365. The zero-order chi connectivity index (χ0) is 21.6. The SMILES string of the molecule is Cc1ccc(Cn2ccc(NC(=O)c3cccc(COc4ccc(Br)cc4)c3)n2)cc1. The van der Waals surface area contributed by atoms with E-state index in [2.05, 4.69) is 57.5 Å². The summed E-state index contributed by atoms with van der Waals surface area (Å²) in [5, 5.41) is 7.32. The van der Waals surface area contributed by atoms with E-state index in [0.29, 0.717) is 24.5 Å². The molecule has 4 rings (SSSR count). The molecule has 1 aromatic heterocycles. The van der Waals surface area contributed by atoms with Crippen LogP contribution in [0.1, 0.15) is 27.0 Å². The highest BCUT2D eigenvalue weighted by Gasteiger charge is 2.09. The van der Waals surface area contributed by atoms with E-state index in [9.17, 15) is 4.79 Å².